The zero-order valence-corrected chi connectivity index (χ0v) is 24.8. The van der Waals surface area contributed by atoms with Crippen LogP contribution in [0.2, 0.25) is 0 Å². The Labute approximate surface area is 247 Å². The van der Waals surface area contributed by atoms with Crippen molar-refractivity contribution in [2.75, 3.05) is 20.3 Å². The van der Waals surface area contributed by atoms with E-state index in [9.17, 15) is 9.59 Å². The second kappa shape index (κ2) is 12.9. The standard InChI is InChI=1S/C33H32N2O6S/c1-5-39-25-15-11-10-14-24(25)30-29(32(37)40-6-2)21(3)34-33-35(30)31(36)28(42-33)19-23-16-17-26(27(18-23)38-4)41-20-22-12-8-7-9-13-22/h7-19,30H,5-6,20H2,1-4H3/b28-19-/t30-/m1/s1. The predicted octanol–water partition coefficient (Wildman–Crippen LogP) is 4.78. The number of ether oxygens (including phenoxy) is 4. The first kappa shape index (κ1) is 28.9. The lowest BCUT2D eigenvalue weighted by atomic mass is 9.95. The van der Waals surface area contributed by atoms with Crippen molar-refractivity contribution in [2.45, 2.75) is 33.4 Å². The zero-order chi connectivity index (χ0) is 29.6. The third-order valence-electron chi connectivity index (χ3n) is 6.75. The lowest BCUT2D eigenvalue weighted by Gasteiger charge is -2.26. The predicted molar refractivity (Wildman–Crippen MR) is 162 cm³/mol. The summed E-state index contributed by atoms with van der Waals surface area (Å²) in [5.41, 5.74) is 3.03. The summed E-state index contributed by atoms with van der Waals surface area (Å²) in [5, 5.41) is 0. The van der Waals surface area contributed by atoms with Crippen molar-refractivity contribution in [1.29, 1.82) is 0 Å². The monoisotopic (exact) mass is 584 g/mol. The quantitative estimate of drug-likeness (QED) is 0.249. The van der Waals surface area contributed by atoms with Crippen LogP contribution in [0.4, 0.5) is 0 Å². The second-order valence-electron chi connectivity index (χ2n) is 9.46. The molecule has 42 heavy (non-hydrogen) atoms. The number of aromatic nitrogens is 1. The number of para-hydroxylation sites is 1. The summed E-state index contributed by atoms with van der Waals surface area (Å²) < 4.78 is 24.9. The van der Waals surface area contributed by atoms with Gasteiger partial charge in [0.15, 0.2) is 16.3 Å². The third kappa shape index (κ3) is 5.87. The van der Waals surface area contributed by atoms with Gasteiger partial charge in [-0.1, -0.05) is 65.9 Å². The van der Waals surface area contributed by atoms with Crippen molar-refractivity contribution < 1.29 is 23.7 Å². The van der Waals surface area contributed by atoms with E-state index in [1.165, 1.54) is 11.3 Å². The van der Waals surface area contributed by atoms with Gasteiger partial charge in [-0.15, -0.1) is 0 Å². The Morgan fingerprint density at radius 1 is 0.952 bits per heavy atom. The maximum Gasteiger partial charge on any atom is 0.338 e. The van der Waals surface area contributed by atoms with E-state index in [0.29, 0.717) is 56.6 Å². The summed E-state index contributed by atoms with van der Waals surface area (Å²) in [4.78, 5) is 32.3. The van der Waals surface area contributed by atoms with Crippen LogP contribution in [-0.4, -0.2) is 30.9 Å². The summed E-state index contributed by atoms with van der Waals surface area (Å²) >= 11 is 1.26. The van der Waals surface area contributed by atoms with E-state index in [0.717, 1.165) is 11.1 Å². The van der Waals surface area contributed by atoms with E-state index < -0.39 is 12.0 Å². The number of hydrogen-bond donors (Lipinski definition) is 0. The Bertz CT molecular complexity index is 1810. The molecule has 0 bridgehead atoms. The maximum absolute atomic E-state index is 14.0. The van der Waals surface area contributed by atoms with Gasteiger partial charge in [0.25, 0.3) is 5.56 Å². The molecule has 216 valence electrons. The van der Waals surface area contributed by atoms with Crippen LogP contribution < -0.4 is 29.1 Å². The average Bonchev–Trinajstić information content (AvgIpc) is 3.30. The molecule has 3 aromatic carbocycles. The van der Waals surface area contributed by atoms with Crippen LogP contribution in [-0.2, 0) is 16.1 Å². The molecule has 1 aliphatic heterocycles. The highest BCUT2D eigenvalue weighted by Crippen LogP contribution is 2.36. The van der Waals surface area contributed by atoms with Gasteiger partial charge in [-0.2, -0.15) is 0 Å². The van der Waals surface area contributed by atoms with E-state index in [4.69, 9.17) is 18.9 Å². The molecule has 0 N–H and O–H groups in total. The molecule has 4 aromatic rings. The molecule has 0 saturated carbocycles. The first-order chi connectivity index (χ1) is 20.4. The number of allylic oxidation sites excluding steroid dienone is 1. The number of benzene rings is 3. The molecule has 0 fully saturated rings. The van der Waals surface area contributed by atoms with Crippen molar-refractivity contribution in [3.63, 3.8) is 0 Å². The molecule has 0 spiro atoms. The molecule has 8 nitrogen and oxygen atoms in total. The number of methoxy groups -OCH3 is 1. The normalized spacial score (nSPS) is 14.7. The molecule has 1 aliphatic rings. The first-order valence-corrected chi connectivity index (χ1v) is 14.5. The maximum atomic E-state index is 14.0. The molecular formula is C33H32N2O6S. The highest BCUT2D eigenvalue weighted by molar-refractivity contribution is 7.07. The van der Waals surface area contributed by atoms with Crippen LogP contribution in [0, 0.1) is 0 Å². The minimum absolute atomic E-state index is 0.201. The summed E-state index contributed by atoms with van der Waals surface area (Å²) in [6.45, 7) is 6.44. The Hall–Kier alpha value is -4.63. The second-order valence-corrected chi connectivity index (χ2v) is 10.5. The molecule has 0 unspecified atom stereocenters. The van der Waals surface area contributed by atoms with Crippen LogP contribution >= 0.6 is 11.3 Å². The van der Waals surface area contributed by atoms with Gasteiger partial charge in [0, 0.05) is 5.56 Å². The van der Waals surface area contributed by atoms with Gasteiger partial charge < -0.3 is 18.9 Å². The Balaban J connectivity index is 1.58. The Morgan fingerprint density at radius 2 is 1.71 bits per heavy atom. The van der Waals surface area contributed by atoms with Crippen molar-refractivity contribution in [1.82, 2.24) is 4.57 Å². The fourth-order valence-corrected chi connectivity index (χ4v) is 5.91. The molecular weight excluding hydrogens is 552 g/mol. The van der Waals surface area contributed by atoms with Crippen LogP contribution in [0.25, 0.3) is 6.08 Å². The minimum atomic E-state index is -0.756. The van der Waals surface area contributed by atoms with Crippen LogP contribution in [0.5, 0.6) is 17.2 Å². The topological polar surface area (TPSA) is 88.4 Å². The fraction of sp³-hybridized carbons (Fsp3) is 0.242. The van der Waals surface area contributed by atoms with Gasteiger partial charge in [-0.05, 0) is 56.2 Å². The van der Waals surface area contributed by atoms with Crippen molar-refractivity contribution in [2.24, 2.45) is 4.99 Å². The molecule has 1 atom stereocenters. The zero-order valence-electron chi connectivity index (χ0n) is 24.0. The van der Waals surface area contributed by atoms with Gasteiger partial charge >= 0.3 is 5.97 Å². The summed E-state index contributed by atoms with van der Waals surface area (Å²) in [5.74, 6) is 1.23. The summed E-state index contributed by atoms with van der Waals surface area (Å²) in [6.07, 6.45) is 1.79. The highest BCUT2D eigenvalue weighted by Gasteiger charge is 2.35. The Morgan fingerprint density at radius 3 is 2.45 bits per heavy atom. The van der Waals surface area contributed by atoms with E-state index in [1.807, 2.05) is 79.7 Å². The smallest absolute Gasteiger partial charge is 0.338 e. The Kier molecular flexibility index (Phi) is 8.88. The largest absolute Gasteiger partial charge is 0.494 e. The van der Waals surface area contributed by atoms with Gasteiger partial charge in [0.05, 0.1) is 36.1 Å². The van der Waals surface area contributed by atoms with Crippen LogP contribution in [0.1, 0.15) is 43.5 Å². The van der Waals surface area contributed by atoms with E-state index >= 15 is 0 Å². The lowest BCUT2D eigenvalue weighted by molar-refractivity contribution is -0.139. The van der Waals surface area contributed by atoms with Gasteiger partial charge in [-0.25, -0.2) is 9.79 Å². The first-order valence-electron chi connectivity index (χ1n) is 13.7. The van der Waals surface area contributed by atoms with Crippen molar-refractivity contribution in [3.05, 3.63) is 120 Å². The molecule has 0 aliphatic carbocycles. The number of nitrogens with zero attached hydrogens (tertiary/aromatic N) is 2. The number of fused-ring (bicyclic) bond motifs is 1. The number of hydrogen-bond acceptors (Lipinski definition) is 8. The lowest BCUT2D eigenvalue weighted by Crippen LogP contribution is -2.40. The van der Waals surface area contributed by atoms with Gasteiger partial charge in [-0.3, -0.25) is 9.36 Å². The average molecular weight is 585 g/mol. The number of carbonyl (C=O) groups excluding carboxylic acids is 1. The van der Waals surface area contributed by atoms with Crippen LogP contribution in [0.3, 0.4) is 0 Å². The molecule has 0 amide bonds. The minimum Gasteiger partial charge on any atom is -0.494 e. The van der Waals surface area contributed by atoms with Gasteiger partial charge in [0.1, 0.15) is 18.4 Å². The highest BCUT2D eigenvalue weighted by atomic mass is 32.1. The summed E-state index contributed by atoms with van der Waals surface area (Å²) in [7, 11) is 1.58. The van der Waals surface area contributed by atoms with E-state index in [1.54, 1.807) is 31.6 Å². The van der Waals surface area contributed by atoms with Crippen molar-refractivity contribution in [3.8, 4) is 17.2 Å². The third-order valence-corrected chi connectivity index (χ3v) is 7.74. The number of rotatable bonds is 10. The molecule has 1 aromatic heterocycles. The van der Waals surface area contributed by atoms with Gasteiger partial charge in [0.2, 0.25) is 0 Å². The number of carbonyl (C=O) groups is 1. The molecule has 2 heterocycles. The molecule has 0 saturated heterocycles. The van der Waals surface area contributed by atoms with Crippen molar-refractivity contribution >= 4 is 23.4 Å². The van der Waals surface area contributed by atoms with Crippen LogP contribution in [0.15, 0.2) is 93.9 Å². The SMILES string of the molecule is CCOC(=O)C1=C(C)N=c2s/c(=C\c3ccc(OCc4ccccc4)c(OC)c3)c(=O)n2[C@@H]1c1ccccc1OCC. The molecule has 0 radical (unpaired) electrons. The number of thiazole rings is 1. The molecule has 9 heteroatoms. The fourth-order valence-electron chi connectivity index (χ4n) is 4.86. The van der Waals surface area contributed by atoms with E-state index in [-0.39, 0.29) is 12.2 Å². The number of esters is 1. The summed E-state index contributed by atoms with van der Waals surface area (Å²) in [6, 6.07) is 22.1. The van der Waals surface area contributed by atoms with E-state index in [2.05, 4.69) is 4.99 Å². The molecule has 5 rings (SSSR count).